The molecule has 0 spiro atoms. The number of nitrogens with one attached hydrogen (secondary N) is 3. The van der Waals surface area contributed by atoms with E-state index in [-0.39, 0.29) is 35.0 Å². The molecule has 3 N–H and O–H groups in total. The van der Waals surface area contributed by atoms with E-state index in [0.717, 1.165) is 0 Å². The minimum Gasteiger partial charge on any atom is -0.347 e. The molecular formula is C18H23Cl2N5O2S. The number of nitrogens with zero attached hydrogens (tertiary/aromatic N) is 2. The molecule has 152 valence electrons. The van der Waals surface area contributed by atoms with E-state index < -0.39 is 11.9 Å². The number of carbonyl (C=O) groups is 2. The number of H-pyrrole nitrogens is 1. The number of amides is 2. The minimum atomic E-state index is -0.742. The maximum absolute atomic E-state index is 12.7. The molecule has 28 heavy (non-hydrogen) atoms. The van der Waals surface area contributed by atoms with E-state index in [0.29, 0.717) is 15.6 Å². The number of rotatable bonds is 7. The number of halogens is 2. The van der Waals surface area contributed by atoms with Crippen molar-refractivity contribution in [2.24, 2.45) is 5.92 Å². The average Bonchev–Trinajstić information content (AvgIpc) is 2.97. The highest BCUT2D eigenvalue weighted by Crippen LogP contribution is 2.21. The van der Waals surface area contributed by atoms with Gasteiger partial charge in [-0.25, -0.2) is 0 Å². The van der Waals surface area contributed by atoms with Gasteiger partial charge in [-0.2, -0.15) is 5.10 Å². The predicted octanol–water partition coefficient (Wildman–Crippen LogP) is 3.90. The summed E-state index contributed by atoms with van der Waals surface area (Å²) in [5.41, 5.74) is 0.255. The van der Waals surface area contributed by atoms with Crippen LogP contribution in [0.2, 0.25) is 10.0 Å². The summed E-state index contributed by atoms with van der Waals surface area (Å²) in [6, 6.07) is 3.94. The summed E-state index contributed by atoms with van der Waals surface area (Å²) in [5, 5.41) is 13.1. The lowest BCUT2D eigenvalue weighted by Gasteiger charge is -2.22. The summed E-state index contributed by atoms with van der Waals surface area (Å²) in [4.78, 5) is 25.3. The molecule has 1 aromatic carbocycles. The standard InChI is InChI=1S/C18H23Cl2N5O2S/c1-9(2)15(22-16(26)12-6-5-11(19)7-13(12)20)17(27)21-8-14-23-24-18(28)25(14)10(3)4/h5-7,9-10,15H,8H2,1-4H3,(H,21,27)(H,22,26)(H,24,28). The Morgan fingerprint density at radius 3 is 2.50 bits per heavy atom. The van der Waals surface area contributed by atoms with E-state index in [1.165, 1.54) is 12.1 Å². The van der Waals surface area contributed by atoms with E-state index in [1.807, 2.05) is 32.3 Å². The van der Waals surface area contributed by atoms with Gasteiger partial charge in [0.15, 0.2) is 10.6 Å². The quantitative estimate of drug-likeness (QED) is 0.565. The van der Waals surface area contributed by atoms with E-state index in [4.69, 9.17) is 35.4 Å². The molecular weight excluding hydrogens is 421 g/mol. The Kier molecular flexibility index (Phi) is 7.63. The van der Waals surface area contributed by atoms with Gasteiger partial charge in [-0.15, -0.1) is 0 Å². The summed E-state index contributed by atoms with van der Waals surface area (Å²) in [7, 11) is 0. The van der Waals surface area contributed by atoms with Crippen molar-refractivity contribution in [3.63, 3.8) is 0 Å². The van der Waals surface area contributed by atoms with Gasteiger partial charge in [-0.1, -0.05) is 37.0 Å². The molecule has 0 radical (unpaired) electrons. The van der Waals surface area contributed by atoms with Crippen molar-refractivity contribution >= 4 is 47.2 Å². The Hall–Kier alpha value is -1.90. The largest absolute Gasteiger partial charge is 0.347 e. The van der Waals surface area contributed by atoms with Crippen LogP contribution in [-0.4, -0.2) is 32.6 Å². The molecule has 1 aromatic heterocycles. The van der Waals surface area contributed by atoms with Crippen LogP contribution in [-0.2, 0) is 11.3 Å². The molecule has 10 heteroatoms. The van der Waals surface area contributed by atoms with Gasteiger partial charge >= 0.3 is 0 Å². The van der Waals surface area contributed by atoms with E-state index >= 15 is 0 Å². The molecule has 1 heterocycles. The summed E-state index contributed by atoms with van der Waals surface area (Å²) in [6.45, 7) is 7.83. The second kappa shape index (κ2) is 9.54. The second-order valence-electron chi connectivity index (χ2n) is 6.95. The predicted molar refractivity (Wildman–Crippen MR) is 112 cm³/mol. The average molecular weight is 444 g/mol. The van der Waals surface area contributed by atoms with Crippen LogP contribution in [0.3, 0.4) is 0 Å². The summed E-state index contributed by atoms with van der Waals surface area (Å²) >= 11 is 17.2. The zero-order valence-electron chi connectivity index (χ0n) is 16.0. The molecule has 0 saturated carbocycles. The molecule has 0 aliphatic heterocycles. The number of hydrogen-bond acceptors (Lipinski definition) is 4. The lowest BCUT2D eigenvalue weighted by molar-refractivity contribution is -0.124. The lowest BCUT2D eigenvalue weighted by atomic mass is 10.0. The number of benzene rings is 1. The maximum atomic E-state index is 12.7. The zero-order valence-corrected chi connectivity index (χ0v) is 18.4. The molecule has 2 aromatic rings. The van der Waals surface area contributed by atoms with Gasteiger partial charge in [0.1, 0.15) is 6.04 Å². The van der Waals surface area contributed by atoms with Gasteiger partial charge in [-0.3, -0.25) is 14.7 Å². The fourth-order valence-corrected chi connectivity index (χ4v) is 3.55. The van der Waals surface area contributed by atoms with Crippen molar-refractivity contribution in [3.8, 4) is 0 Å². The van der Waals surface area contributed by atoms with Crippen LogP contribution in [0.1, 0.15) is 49.9 Å². The van der Waals surface area contributed by atoms with Crippen molar-refractivity contribution in [1.29, 1.82) is 0 Å². The molecule has 0 saturated heterocycles. The Labute approximate surface area is 178 Å². The monoisotopic (exact) mass is 443 g/mol. The Balaban J connectivity index is 2.10. The number of hydrogen-bond donors (Lipinski definition) is 3. The molecule has 1 atom stereocenters. The van der Waals surface area contributed by atoms with Crippen molar-refractivity contribution in [2.45, 2.75) is 46.3 Å². The highest BCUT2D eigenvalue weighted by atomic mass is 35.5. The van der Waals surface area contributed by atoms with Crippen LogP contribution in [0, 0.1) is 10.7 Å². The highest BCUT2D eigenvalue weighted by molar-refractivity contribution is 7.71. The summed E-state index contributed by atoms with van der Waals surface area (Å²) in [6.07, 6.45) is 0. The lowest BCUT2D eigenvalue weighted by Crippen LogP contribution is -2.49. The van der Waals surface area contributed by atoms with Crippen molar-refractivity contribution < 1.29 is 9.59 Å². The first-order chi connectivity index (χ1) is 13.1. The third-order valence-corrected chi connectivity index (χ3v) is 4.96. The van der Waals surface area contributed by atoms with E-state index in [1.54, 1.807) is 6.07 Å². The maximum Gasteiger partial charge on any atom is 0.253 e. The second-order valence-corrected chi connectivity index (χ2v) is 8.18. The van der Waals surface area contributed by atoms with Crippen LogP contribution >= 0.6 is 35.4 Å². The first-order valence-corrected chi connectivity index (χ1v) is 9.97. The fraction of sp³-hybridized carbons (Fsp3) is 0.444. The van der Waals surface area contributed by atoms with Crippen molar-refractivity contribution in [3.05, 3.63) is 44.4 Å². The third kappa shape index (κ3) is 5.33. The van der Waals surface area contributed by atoms with Crippen LogP contribution in [0.4, 0.5) is 0 Å². The molecule has 7 nitrogen and oxygen atoms in total. The molecule has 0 aliphatic carbocycles. The Bertz CT molecular complexity index is 923. The highest BCUT2D eigenvalue weighted by Gasteiger charge is 2.26. The molecule has 2 amide bonds. The van der Waals surface area contributed by atoms with E-state index in [9.17, 15) is 9.59 Å². The van der Waals surface area contributed by atoms with Crippen LogP contribution < -0.4 is 10.6 Å². The summed E-state index contributed by atoms with van der Waals surface area (Å²) in [5.74, 6) is -0.290. The van der Waals surface area contributed by atoms with Crippen LogP contribution in [0.15, 0.2) is 18.2 Å². The third-order valence-electron chi connectivity index (χ3n) is 4.13. The SMILES string of the molecule is CC(C)C(NC(=O)c1ccc(Cl)cc1Cl)C(=O)NCc1n[nH]c(=S)n1C(C)C. The van der Waals surface area contributed by atoms with Gasteiger partial charge in [0, 0.05) is 11.1 Å². The fourth-order valence-electron chi connectivity index (χ4n) is 2.70. The van der Waals surface area contributed by atoms with Gasteiger partial charge in [-0.05, 0) is 50.2 Å². The molecule has 0 bridgehead atoms. The zero-order chi connectivity index (χ0) is 21.0. The number of aromatic nitrogens is 3. The van der Waals surface area contributed by atoms with E-state index in [2.05, 4.69) is 20.8 Å². The van der Waals surface area contributed by atoms with Gasteiger partial charge in [0.25, 0.3) is 5.91 Å². The summed E-state index contributed by atoms with van der Waals surface area (Å²) < 4.78 is 2.32. The molecule has 1 unspecified atom stereocenters. The van der Waals surface area contributed by atoms with Gasteiger partial charge in [0.2, 0.25) is 5.91 Å². The minimum absolute atomic E-state index is 0.103. The topological polar surface area (TPSA) is 91.8 Å². The van der Waals surface area contributed by atoms with Gasteiger partial charge < -0.3 is 15.2 Å². The van der Waals surface area contributed by atoms with Crippen molar-refractivity contribution in [1.82, 2.24) is 25.4 Å². The first kappa shape index (κ1) is 22.4. The normalized spacial score (nSPS) is 12.3. The number of aromatic amines is 1. The first-order valence-electron chi connectivity index (χ1n) is 8.81. The molecule has 0 fully saturated rings. The smallest absolute Gasteiger partial charge is 0.253 e. The van der Waals surface area contributed by atoms with Crippen LogP contribution in [0.5, 0.6) is 0 Å². The van der Waals surface area contributed by atoms with Crippen LogP contribution in [0.25, 0.3) is 0 Å². The molecule has 2 rings (SSSR count). The van der Waals surface area contributed by atoms with Gasteiger partial charge in [0.05, 0.1) is 17.1 Å². The van der Waals surface area contributed by atoms with Crippen molar-refractivity contribution in [2.75, 3.05) is 0 Å². The Morgan fingerprint density at radius 2 is 1.93 bits per heavy atom. The number of carbonyl (C=O) groups excluding carboxylic acids is 2. The molecule has 0 aliphatic rings. The Morgan fingerprint density at radius 1 is 1.25 bits per heavy atom.